The van der Waals surface area contributed by atoms with Gasteiger partial charge in [0, 0.05) is 12.8 Å². The summed E-state index contributed by atoms with van der Waals surface area (Å²) in [6, 6.07) is 35.2. The molecule has 4 rings (SSSR count). The number of ether oxygens (including phenoxy) is 4. The van der Waals surface area contributed by atoms with Gasteiger partial charge in [0.05, 0.1) is 13.2 Å². The highest BCUT2D eigenvalue weighted by molar-refractivity contribution is 5.91. The monoisotopic (exact) mass is 584 g/mol. The van der Waals surface area contributed by atoms with Crippen LogP contribution < -0.4 is 9.47 Å². The second-order valence-corrected chi connectivity index (χ2v) is 8.95. The predicted octanol–water partition coefficient (Wildman–Crippen LogP) is 8.16. The van der Waals surface area contributed by atoms with E-state index in [4.69, 9.17) is 18.9 Å². The third-order valence-corrected chi connectivity index (χ3v) is 5.94. The number of hydrogen-bond acceptors (Lipinski definition) is 6. The molecule has 0 radical (unpaired) electrons. The van der Waals surface area contributed by atoms with Crippen molar-refractivity contribution >= 4 is 11.9 Å². The van der Waals surface area contributed by atoms with E-state index < -0.39 is 18.4 Å². The fourth-order valence-electron chi connectivity index (χ4n) is 3.77. The van der Waals surface area contributed by atoms with Gasteiger partial charge >= 0.3 is 11.9 Å². The summed E-state index contributed by atoms with van der Waals surface area (Å²) < 4.78 is 22.0. The Bertz CT molecular complexity index is 1180. The number of carbonyl (C=O) groups excluding carboxylic acids is 2. The van der Waals surface area contributed by atoms with Crippen molar-refractivity contribution in [3.63, 3.8) is 0 Å². The Balaban J connectivity index is 0.00000155. The van der Waals surface area contributed by atoms with Crippen LogP contribution in [0.3, 0.4) is 0 Å². The van der Waals surface area contributed by atoms with Crippen LogP contribution in [0.25, 0.3) is 0 Å². The Morgan fingerprint density at radius 1 is 0.465 bits per heavy atom. The minimum Gasteiger partial charge on any atom is -0.489 e. The maximum atomic E-state index is 12.0. The SMILES string of the molecule is CC.CC.O=C(CC(=O)OCCc1ccc(OCc2ccccc2)cc1)OCCc1ccc(OCc2ccccc2)cc1. The molecule has 0 atom stereocenters. The van der Waals surface area contributed by atoms with Gasteiger partial charge in [-0.3, -0.25) is 9.59 Å². The lowest BCUT2D eigenvalue weighted by atomic mass is 10.1. The van der Waals surface area contributed by atoms with E-state index in [9.17, 15) is 9.59 Å². The summed E-state index contributed by atoms with van der Waals surface area (Å²) in [5.41, 5.74) is 4.22. The second kappa shape index (κ2) is 21.2. The maximum Gasteiger partial charge on any atom is 0.317 e. The van der Waals surface area contributed by atoms with Crippen molar-refractivity contribution in [1.82, 2.24) is 0 Å². The van der Waals surface area contributed by atoms with E-state index in [1.165, 1.54) is 0 Å². The minimum atomic E-state index is -0.595. The first-order valence-electron chi connectivity index (χ1n) is 15.0. The van der Waals surface area contributed by atoms with Crippen LogP contribution >= 0.6 is 0 Å². The Kier molecular flexibility index (Phi) is 17.0. The number of benzene rings is 4. The van der Waals surface area contributed by atoms with Crippen LogP contribution in [0.4, 0.5) is 0 Å². The van der Waals surface area contributed by atoms with Crippen LogP contribution in [-0.4, -0.2) is 25.2 Å². The van der Waals surface area contributed by atoms with Crippen molar-refractivity contribution in [2.45, 2.75) is 60.2 Å². The highest BCUT2D eigenvalue weighted by Gasteiger charge is 2.12. The first-order chi connectivity index (χ1) is 21.1. The molecule has 228 valence electrons. The molecular weight excluding hydrogens is 540 g/mol. The highest BCUT2D eigenvalue weighted by atomic mass is 16.6. The largest absolute Gasteiger partial charge is 0.489 e. The molecule has 0 heterocycles. The van der Waals surface area contributed by atoms with Crippen LogP contribution in [0.1, 0.15) is 56.4 Å². The lowest BCUT2D eigenvalue weighted by Crippen LogP contribution is -2.16. The molecule has 0 N–H and O–H groups in total. The van der Waals surface area contributed by atoms with Crippen molar-refractivity contribution in [1.29, 1.82) is 0 Å². The first-order valence-corrected chi connectivity index (χ1v) is 15.0. The van der Waals surface area contributed by atoms with Gasteiger partial charge in [-0.1, -0.05) is 113 Å². The zero-order chi connectivity index (χ0) is 31.1. The standard InChI is InChI=1S/C33H32O6.2C2H6/c34-32(36-21-19-26-11-15-30(16-12-26)38-24-28-7-3-1-4-8-28)23-33(35)37-22-20-27-13-17-31(18-14-27)39-25-29-9-5-2-6-10-29;2*1-2/h1-18H,19-25H2;2*1-2H3. The summed E-state index contributed by atoms with van der Waals surface area (Å²) in [5.74, 6) is 0.356. The Morgan fingerprint density at radius 3 is 1.16 bits per heavy atom. The van der Waals surface area contributed by atoms with E-state index in [0.717, 1.165) is 33.8 Å². The van der Waals surface area contributed by atoms with E-state index in [-0.39, 0.29) is 13.2 Å². The fourth-order valence-corrected chi connectivity index (χ4v) is 3.77. The summed E-state index contributed by atoms with van der Waals surface area (Å²) in [7, 11) is 0. The zero-order valence-electron chi connectivity index (χ0n) is 25.8. The maximum absolute atomic E-state index is 12.0. The Morgan fingerprint density at radius 2 is 0.814 bits per heavy atom. The van der Waals surface area contributed by atoms with Crippen LogP contribution in [0.2, 0.25) is 0 Å². The number of hydrogen-bond donors (Lipinski definition) is 0. The summed E-state index contributed by atoms with van der Waals surface area (Å²) in [6.45, 7) is 9.39. The smallest absolute Gasteiger partial charge is 0.317 e. The number of rotatable bonds is 14. The van der Waals surface area contributed by atoms with Gasteiger partial charge in [0.15, 0.2) is 0 Å². The molecule has 0 saturated heterocycles. The lowest BCUT2D eigenvalue weighted by Gasteiger charge is -2.09. The summed E-state index contributed by atoms with van der Waals surface area (Å²) in [4.78, 5) is 24.0. The molecule has 0 amide bonds. The van der Waals surface area contributed by atoms with E-state index >= 15 is 0 Å². The number of carbonyl (C=O) groups is 2. The highest BCUT2D eigenvalue weighted by Crippen LogP contribution is 2.16. The van der Waals surface area contributed by atoms with E-state index in [2.05, 4.69) is 0 Å². The van der Waals surface area contributed by atoms with Gasteiger partial charge in [-0.05, 0) is 46.5 Å². The molecule has 0 aliphatic carbocycles. The zero-order valence-corrected chi connectivity index (χ0v) is 25.8. The van der Waals surface area contributed by atoms with Crippen LogP contribution in [0.15, 0.2) is 109 Å². The van der Waals surface area contributed by atoms with Crippen molar-refractivity contribution in [2.24, 2.45) is 0 Å². The normalized spacial score (nSPS) is 9.77. The van der Waals surface area contributed by atoms with Gasteiger partial charge in [0.1, 0.15) is 31.1 Å². The van der Waals surface area contributed by atoms with Gasteiger partial charge in [0.2, 0.25) is 0 Å². The molecule has 0 saturated carbocycles. The summed E-state index contributed by atoms with van der Waals surface area (Å²) in [5, 5.41) is 0. The predicted molar refractivity (Wildman–Crippen MR) is 171 cm³/mol. The quantitative estimate of drug-likeness (QED) is 0.110. The topological polar surface area (TPSA) is 71.1 Å². The van der Waals surface area contributed by atoms with Gasteiger partial charge in [0.25, 0.3) is 0 Å². The first kappa shape index (κ1) is 34.6. The minimum absolute atomic E-state index is 0.190. The molecule has 4 aromatic rings. The third kappa shape index (κ3) is 14.2. The summed E-state index contributed by atoms with van der Waals surface area (Å²) in [6.07, 6.45) is 0.689. The molecule has 0 aromatic heterocycles. The van der Waals surface area contributed by atoms with Gasteiger partial charge in [-0.2, -0.15) is 0 Å². The fraction of sp³-hybridized carbons (Fsp3) is 0.297. The molecule has 43 heavy (non-hydrogen) atoms. The molecule has 0 fully saturated rings. The number of esters is 2. The van der Waals surface area contributed by atoms with E-state index in [0.29, 0.717) is 26.1 Å². The lowest BCUT2D eigenvalue weighted by molar-refractivity contribution is -0.154. The molecular formula is C37H44O6. The average molecular weight is 585 g/mol. The van der Waals surface area contributed by atoms with Crippen LogP contribution in [0, 0.1) is 0 Å². The van der Waals surface area contributed by atoms with E-state index in [1.54, 1.807) is 0 Å². The molecule has 6 nitrogen and oxygen atoms in total. The summed E-state index contributed by atoms with van der Waals surface area (Å²) >= 11 is 0. The van der Waals surface area contributed by atoms with E-state index in [1.807, 2.05) is 137 Å². The van der Waals surface area contributed by atoms with Crippen molar-refractivity contribution in [3.8, 4) is 11.5 Å². The third-order valence-electron chi connectivity index (χ3n) is 5.94. The molecule has 0 aliphatic rings. The van der Waals surface area contributed by atoms with Crippen molar-refractivity contribution in [3.05, 3.63) is 131 Å². The Hall–Kier alpha value is -4.58. The molecule has 0 aliphatic heterocycles. The average Bonchev–Trinajstić information content (AvgIpc) is 3.07. The van der Waals surface area contributed by atoms with Crippen molar-refractivity contribution < 1.29 is 28.5 Å². The van der Waals surface area contributed by atoms with Gasteiger partial charge in [-0.15, -0.1) is 0 Å². The van der Waals surface area contributed by atoms with Gasteiger partial charge < -0.3 is 18.9 Å². The Labute approximate surface area is 256 Å². The van der Waals surface area contributed by atoms with Crippen LogP contribution in [-0.2, 0) is 45.1 Å². The molecule has 4 aromatic carbocycles. The van der Waals surface area contributed by atoms with Crippen molar-refractivity contribution in [2.75, 3.05) is 13.2 Å². The van der Waals surface area contributed by atoms with Gasteiger partial charge in [-0.25, -0.2) is 0 Å². The van der Waals surface area contributed by atoms with Crippen LogP contribution in [0.5, 0.6) is 11.5 Å². The second-order valence-electron chi connectivity index (χ2n) is 8.95. The molecule has 0 bridgehead atoms. The molecule has 0 unspecified atom stereocenters. The molecule has 0 spiro atoms. The molecule has 6 heteroatoms.